The average Bonchev–Trinajstić information content (AvgIpc) is 2.56. The van der Waals surface area contributed by atoms with Gasteiger partial charge in [0.05, 0.1) is 0 Å². The van der Waals surface area contributed by atoms with E-state index in [4.69, 9.17) is 5.73 Å². The number of carbonyl (C=O) groups is 1. The fourth-order valence-electron chi connectivity index (χ4n) is 1.43. The number of aromatic amines is 1. The summed E-state index contributed by atoms with van der Waals surface area (Å²) in [5, 5.41) is 10.3. The first-order valence-electron chi connectivity index (χ1n) is 4.20. The van der Waals surface area contributed by atoms with E-state index in [0.29, 0.717) is 16.6 Å². The van der Waals surface area contributed by atoms with Gasteiger partial charge in [-0.1, -0.05) is 6.07 Å². The van der Waals surface area contributed by atoms with Crippen LogP contribution in [0.15, 0.2) is 18.2 Å². The van der Waals surface area contributed by atoms with E-state index in [-0.39, 0.29) is 5.75 Å². The lowest BCUT2D eigenvalue weighted by molar-refractivity contribution is 0.0996. The molecule has 4 N–H and O–H groups in total. The van der Waals surface area contributed by atoms with Crippen molar-refractivity contribution in [2.75, 3.05) is 0 Å². The summed E-state index contributed by atoms with van der Waals surface area (Å²) in [5.74, 6) is -0.343. The fraction of sp³-hybridized carbons (Fsp3) is 0.100. The Morgan fingerprint density at radius 1 is 1.50 bits per heavy atom. The highest BCUT2D eigenvalue weighted by Crippen LogP contribution is 2.28. The molecule has 0 aliphatic carbocycles. The summed E-state index contributed by atoms with van der Waals surface area (Å²) in [7, 11) is 0. The number of nitrogens with two attached hydrogens (primary N) is 1. The summed E-state index contributed by atoms with van der Waals surface area (Å²) in [6.07, 6.45) is 0. The van der Waals surface area contributed by atoms with Crippen molar-refractivity contribution in [2.24, 2.45) is 5.73 Å². The van der Waals surface area contributed by atoms with E-state index in [0.717, 1.165) is 5.56 Å². The quantitative estimate of drug-likeness (QED) is 0.633. The summed E-state index contributed by atoms with van der Waals surface area (Å²) in [5.41, 5.74) is 6.90. The zero-order chi connectivity index (χ0) is 10.3. The molecule has 1 aromatic heterocycles. The number of hydrogen-bond donors (Lipinski definition) is 3. The molecule has 1 aromatic carbocycles. The SMILES string of the molecule is Cc1ccc2[nH]c(C(N)=O)cc2c1O. The Bertz CT molecular complexity index is 514. The van der Waals surface area contributed by atoms with Gasteiger partial charge in [0.1, 0.15) is 11.4 Å². The largest absolute Gasteiger partial charge is 0.507 e. The molecule has 0 aliphatic heterocycles. The van der Waals surface area contributed by atoms with Crippen LogP contribution in [0.5, 0.6) is 5.75 Å². The molecule has 0 bridgehead atoms. The number of benzene rings is 1. The van der Waals surface area contributed by atoms with Crippen LogP contribution in [0.2, 0.25) is 0 Å². The predicted octanol–water partition coefficient (Wildman–Crippen LogP) is 1.28. The number of primary amides is 1. The lowest BCUT2D eigenvalue weighted by Crippen LogP contribution is -2.10. The number of fused-ring (bicyclic) bond motifs is 1. The van der Waals surface area contributed by atoms with Gasteiger partial charge in [-0.3, -0.25) is 4.79 Å². The number of H-pyrrole nitrogens is 1. The van der Waals surface area contributed by atoms with Crippen LogP contribution in [-0.4, -0.2) is 16.0 Å². The fourth-order valence-corrected chi connectivity index (χ4v) is 1.43. The third-order valence-corrected chi connectivity index (χ3v) is 2.24. The van der Waals surface area contributed by atoms with E-state index < -0.39 is 5.91 Å². The van der Waals surface area contributed by atoms with Crippen molar-refractivity contribution in [3.8, 4) is 5.75 Å². The Balaban J connectivity index is 2.77. The minimum absolute atomic E-state index is 0.186. The van der Waals surface area contributed by atoms with Gasteiger partial charge in [0, 0.05) is 10.9 Å². The summed E-state index contributed by atoms with van der Waals surface area (Å²) in [4.78, 5) is 13.7. The number of rotatable bonds is 1. The van der Waals surface area contributed by atoms with Gasteiger partial charge in [-0.05, 0) is 24.6 Å². The molecule has 0 fully saturated rings. The van der Waals surface area contributed by atoms with Crippen LogP contribution in [-0.2, 0) is 0 Å². The minimum atomic E-state index is -0.529. The monoisotopic (exact) mass is 190 g/mol. The van der Waals surface area contributed by atoms with Crippen molar-refractivity contribution < 1.29 is 9.90 Å². The number of hydrogen-bond acceptors (Lipinski definition) is 2. The molecule has 0 aliphatic rings. The molecule has 0 radical (unpaired) electrons. The minimum Gasteiger partial charge on any atom is -0.507 e. The van der Waals surface area contributed by atoms with E-state index >= 15 is 0 Å². The molecule has 2 rings (SSSR count). The molecule has 1 heterocycles. The molecule has 0 saturated heterocycles. The van der Waals surface area contributed by atoms with Crippen molar-refractivity contribution in [3.05, 3.63) is 29.5 Å². The zero-order valence-corrected chi connectivity index (χ0v) is 7.66. The van der Waals surface area contributed by atoms with Gasteiger partial charge in [-0.2, -0.15) is 0 Å². The Morgan fingerprint density at radius 2 is 2.21 bits per heavy atom. The number of carbonyl (C=O) groups excluding carboxylic acids is 1. The molecule has 14 heavy (non-hydrogen) atoms. The van der Waals surface area contributed by atoms with Gasteiger partial charge < -0.3 is 15.8 Å². The summed E-state index contributed by atoms with van der Waals surface area (Å²) in [6.45, 7) is 1.80. The zero-order valence-electron chi connectivity index (χ0n) is 7.66. The molecule has 2 aromatic rings. The molecule has 4 nitrogen and oxygen atoms in total. The number of aromatic hydroxyl groups is 1. The predicted molar refractivity (Wildman–Crippen MR) is 53.2 cm³/mol. The summed E-state index contributed by atoms with van der Waals surface area (Å²) >= 11 is 0. The van der Waals surface area contributed by atoms with Gasteiger partial charge in [-0.15, -0.1) is 0 Å². The number of phenols is 1. The van der Waals surface area contributed by atoms with E-state index in [9.17, 15) is 9.90 Å². The second-order valence-corrected chi connectivity index (χ2v) is 3.24. The Hall–Kier alpha value is -1.97. The normalized spacial score (nSPS) is 10.6. The maximum atomic E-state index is 10.9. The summed E-state index contributed by atoms with van der Waals surface area (Å²) < 4.78 is 0. The van der Waals surface area contributed by atoms with Crippen LogP contribution in [0.4, 0.5) is 0 Å². The van der Waals surface area contributed by atoms with Gasteiger partial charge in [0.25, 0.3) is 5.91 Å². The lowest BCUT2D eigenvalue weighted by Gasteiger charge is -1.97. The van der Waals surface area contributed by atoms with Gasteiger partial charge in [0.2, 0.25) is 0 Å². The third-order valence-electron chi connectivity index (χ3n) is 2.24. The van der Waals surface area contributed by atoms with E-state index in [1.807, 2.05) is 0 Å². The molecule has 1 amide bonds. The number of aryl methyl sites for hydroxylation is 1. The van der Waals surface area contributed by atoms with Gasteiger partial charge in [-0.25, -0.2) is 0 Å². The standard InChI is InChI=1S/C10H10N2O2/c1-5-2-3-7-6(9(5)13)4-8(12-7)10(11)14/h2-4,12-13H,1H3,(H2,11,14). The van der Waals surface area contributed by atoms with Crippen molar-refractivity contribution in [1.82, 2.24) is 4.98 Å². The first-order chi connectivity index (χ1) is 6.59. The third kappa shape index (κ3) is 1.12. The Labute approximate surface area is 80.3 Å². The van der Waals surface area contributed by atoms with Crippen molar-refractivity contribution in [3.63, 3.8) is 0 Å². The van der Waals surface area contributed by atoms with Crippen molar-refractivity contribution in [1.29, 1.82) is 0 Å². The molecule has 4 heteroatoms. The van der Waals surface area contributed by atoms with E-state index in [2.05, 4.69) is 4.98 Å². The van der Waals surface area contributed by atoms with Gasteiger partial charge >= 0.3 is 0 Å². The molecule has 0 atom stereocenters. The lowest BCUT2D eigenvalue weighted by atomic mass is 10.1. The maximum absolute atomic E-state index is 10.9. The van der Waals surface area contributed by atoms with Crippen LogP contribution < -0.4 is 5.73 Å². The molecule has 0 spiro atoms. The molecular weight excluding hydrogens is 180 g/mol. The van der Waals surface area contributed by atoms with Crippen LogP contribution in [0, 0.1) is 6.92 Å². The van der Waals surface area contributed by atoms with E-state index in [1.165, 1.54) is 0 Å². The van der Waals surface area contributed by atoms with Crippen LogP contribution in [0.25, 0.3) is 10.9 Å². The highest BCUT2D eigenvalue weighted by atomic mass is 16.3. The number of nitrogens with one attached hydrogen (secondary N) is 1. The highest BCUT2D eigenvalue weighted by molar-refractivity contribution is 5.99. The second-order valence-electron chi connectivity index (χ2n) is 3.24. The van der Waals surface area contributed by atoms with E-state index in [1.54, 1.807) is 25.1 Å². The number of amides is 1. The summed E-state index contributed by atoms with van der Waals surface area (Å²) in [6, 6.07) is 5.13. The van der Waals surface area contributed by atoms with Crippen molar-refractivity contribution in [2.45, 2.75) is 6.92 Å². The van der Waals surface area contributed by atoms with Crippen LogP contribution >= 0.6 is 0 Å². The first-order valence-corrected chi connectivity index (χ1v) is 4.20. The number of aromatic nitrogens is 1. The smallest absolute Gasteiger partial charge is 0.265 e. The first kappa shape index (κ1) is 8.62. The Kier molecular flexibility index (Phi) is 1.70. The Morgan fingerprint density at radius 3 is 2.86 bits per heavy atom. The molecule has 72 valence electrons. The molecular formula is C10H10N2O2. The van der Waals surface area contributed by atoms with Crippen molar-refractivity contribution >= 4 is 16.8 Å². The van der Waals surface area contributed by atoms with Crippen LogP contribution in [0.1, 0.15) is 16.1 Å². The number of phenolic OH excluding ortho intramolecular Hbond substituents is 1. The molecule has 0 unspecified atom stereocenters. The highest BCUT2D eigenvalue weighted by Gasteiger charge is 2.09. The maximum Gasteiger partial charge on any atom is 0.265 e. The average molecular weight is 190 g/mol. The second kappa shape index (κ2) is 2.77. The van der Waals surface area contributed by atoms with Crippen LogP contribution in [0.3, 0.4) is 0 Å². The molecule has 0 saturated carbocycles. The van der Waals surface area contributed by atoms with Gasteiger partial charge in [0.15, 0.2) is 0 Å². The topological polar surface area (TPSA) is 79.1 Å².